The minimum absolute atomic E-state index is 0.00639. The van der Waals surface area contributed by atoms with Gasteiger partial charge in [-0.25, -0.2) is 13.4 Å². The van der Waals surface area contributed by atoms with Crippen molar-refractivity contribution in [2.45, 2.75) is 88.3 Å². The number of rotatable bonds is 12. The Labute approximate surface area is 279 Å². The number of amides is 1. The van der Waals surface area contributed by atoms with E-state index in [2.05, 4.69) is 31.1 Å². The number of sulfone groups is 1. The maximum Gasteiger partial charge on any atom is 0.481 e. The quantitative estimate of drug-likeness (QED) is 0.224. The van der Waals surface area contributed by atoms with Crippen LogP contribution in [0.4, 0.5) is 0 Å². The summed E-state index contributed by atoms with van der Waals surface area (Å²) in [6.45, 7) is 6.87. The zero-order valence-electron chi connectivity index (χ0n) is 27.5. The van der Waals surface area contributed by atoms with Crippen molar-refractivity contribution in [1.29, 1.82) is 0 Å². The predicted molar refractivity (Wildman–Crippen MR) is 180 cm³/mol. The Bertz CT molecular complexity index is 1670. The molecule has 2 heterocycles. The Kier molecular flexibility index (Phi) is 8.72. The standard InChI is InChI=1S/C37H45BN2O6S/c1-36(2)28-21-31(36)37(3)32(22-28)45-38(46-37)33(20-26-13-10-14-26)40-35(41)27(19-25-11-6-4-7-12-25)24-47(42,43)30-17-18-34(39-23-30)44-29-15-8-5-9-16-29/h4-9,11-12,15-18,23,26-28,31-33H,10,13-14,19-22,24H2,1-3H3,(H,40,41)/t27-,28+,31+,32-,33+,37+/m1/s1. The summed E-state index contributed by atoms with van der Waals surface area (Å²) in [5.41, 5.74) is 0.727. The highest BCUT2D eigenvalue weighted by atomic mass is 32.2. The molecule has 4 aliphatic carbocycles. The van der Waals surface area contributed by atoms with Crippen LogP contribution in [0.25, 0.3) is 0 Å². The van der Waals surface area contributed by atoms with E-state index in [0.29, 0.717) is 29.4 Å². The first-order valence-corrected chi connectivity index (χ1v) is 18.8. The second kappa shape index (κ2) is 12.7. The van der Waals surface area contributed by atoms with Crippen LogP contribution >= 0.6 is 0 Å². The third kappa shape index (κ3) is 6.49. The van der Waals surface area contributed by atoms with Crippen molar-refractivity contribution < 1.29 is 27.3 Å². The van der Waals surface area contributed by atoms with E-state index in [1.54, 1.807) is 18.2 Å². The summed E-state index contributed by atoms with van der Waals surface area (Å²) < 4.78 is 46.8. The molecule has 1 N–H and O–H groups in total. The van der Waals surface area contributed by atoms with Crippen molar-refractivity contribution in [3.8, 4) is 11.6 Å². The number of carbonyl (C=O) groups excluding carboxylic acids is 1. The molecule has 47 heavy (non-hydrogen) atoms. The monoisotopic (exact) mass is 656 g/mol. The average Bonchev–Trinajstić information content (AvgIpc) is 3.40. The third-order valence-electron chi connectivity index (χ3n) is 11.6. The smallest absolute Gasteiger partial charge is 0.439 e. The Morgan fingerprint density at radius 3 is 2.38 bits per heavy atom. The van der Waals surface area contributed by atoms with Gasteiger partial charge in [0.05, 0.1) is 34.2 Å². The van der Waals surface area contributed by atoms with Gasteiger partial charge in [-0.2, -0.15) is 0 Å². The lowest BCUT2D eigenvalue weighted by molar-refractivity contribution is -0.199. The van der Waals surface area contributed by atoms with Crippen LogP contribution < -0.4 is 10.1 Å². The van der Waals surface area contributed by atoms with Crippen LogP contribution in [-0.2, 0) is 30.4 Å². The van der Waals surface area contributed by atoms with E-state index in [0.717, 1.165) is 37.7 Å². The fourth-order valence-electron chi connectivity index (χ4n) is 8.40. The van der Waals surface area contributed by atoms with E-state index in [4.69, 9.17) is 14.0 Å². The molecule has 5 aliphatic rings. The van der Waals surface area contributed by atoms with Gasteiger partial charge < -0.3 is 19.4 Å². The number of benzene rings is 2. The van der Waals surface area contributed by atoms with Gasteiger partial charge >= 0.3 is 7.12 Å². The number of nitrogens with one attached hydrogen (secondary N) is 1. The van der Waals surface area contributed by atoms with Gasteiger partial charge in [-0.15, -0.1) is 0 Å². The SMILES string of the molecule is CC1(C)[C@@H]2C[C@H]3OB([C@H](CC4CCC4)NC(=O)[C@H](Cc4ccccc4)CS(=O)(=O)c4ccc(Oc5ccccc5)nc4)O[C@@]3(C)[C@H]1C2. The normalized spacial score (nSPS) is 27.6. The molecule has 248 valence electrons. The fraction of sp³-hybridized carbons (Fsp3) is 0.514. The number of ether oxygens (including phenoxy) is 1. The van der Waals surface area contributed by atoms with Crippen LogP contribution in [-0.4, -0.2) is 49.8 Å². The van der Waals surface area contributed by atoms with Gasteiger partial charge in [0.15, 0.2) is 9.84 Å². The number of hydrogen-bond donors (Lipinski definition) is 1. The van der Waals surface area contributed by atoms with Crippen LogP contribution in [0, 0.1) is 29.1 Å². The first-order chi connectivity index (χ1) is 22.5. The van der Waals surface area contributed by atoms with Crippen LogP contribution in [0.2, 0.25) is 0 Å². The van der Waals surface area contributed by atoms with Gasteiger partial charge in [-0.3, -0.25) is 4.79 Å². The molecule has 10 heteroatoms. The molecule has 2 aromatic carbocycles. The summed E-state index contributed by atoms with van der Waals surface area (Å²) in [4.78, 5) is 18.5. The largest absolute Gasteiger partial charge is 0.481 e. The van der Waals surface area contributed by atoms with Crippen LogP contribution in [0.1, 0.15) is 64.9 Å². The highest BCUT2D eigenvalue weighted by molar-refractivity contribution is 7.91. The predicted octanol–water partition coefficient (Wildman–Crippen LogP) is 6.45. The lowest BCUT2D eigenvalue weighted by Crippen LogP contribution is -2.65. The molecule has 5 fully saturated rings. The number of nitrogens with zero attached hydrogens (tertiary/aromatic N) is 1. The number of pyridine rings is 1. The molecule has 1 amide bonds. The lowest BCUT2D eigenvalue weighted by Gasteiger charge is -2.64. The molecule has 0 unspecified atom stereocenters. The summed E-state index contributed by atoms with van der Waals surface area (Å²) in [6.07, 6.45) is 7.91. The highest BCUT2D eigenvalue weighted by Crippen LogP contribution is 2.65. The Morgan fingerprint density at radius 1 is 1.02 bits per heavy atom. The van der Waals surface area contributed by atoms with Gasteiger partial charge in [0.25, 0.3) is 0 Å². The van der Waals surface area contributed by atoms with Crippen molar-refractivity contribution >= 4 is 22.9 Å². The lowest BCUT2D eigenvalue weighted by atomic mass is 9.43. The van der Waals surface area contributed by atoms with Crippen molar-refractivity contribution in [3.05, 3.63) is 84.6 Å². The summed E-state index contributed by atoms with van der Waals surface area (Å²) in [7, 11) is -4.42. The topological polar surface area (TPSA) is 104 Å². The van der Waals surface area contributed by atoms with Crippen LogP contribution in [0.3, 0.4) is 0 Å². The molecular formula is C37H45BN2O6S. The zero-order chi connectivity index (χ0) is 32.8. The summed E-state index contributed by atoms with van der Waals surface area (Å²) >= 11 is 0. The minimum atomic E-state index is -3.87. The molecule has 1 aliphatic heterocycles. The molecule has 2 bridgehead atoms. The van der Waals surface area contributed by atoms with Crippen molar-refractivity contribution in [1.82, 2.24) is 10.3 Å². The van der Waals surface area contributed by atoms with Crippen molar-refractivity contribution in [2.75, 3.05) is 5.75 Å². The Morgan fingerprint density at radius 2 is 1.74 bits per heavy atom. The molecule has 8 nitrogen and oxygen atoms in total. The van der Waals surface area contributed by atoms with Gasteiger partial charge in [0.2, 0.25) is 11.8 Å². The zero-order valence-corrected chi connectivity index (χ0v) is 28.3. The maximum atomic E-state index is 14.2. The highest BCUT2D eigenvalue weighted by Gasteiger charge is 2.68. The first-order valence-electron chi connectivity index (χ1n) is 17.1. The van der Waals surface area contributed by atoms with Gasteiger partial charge in [0.1, 0.15) is 5.75 Å². The van der Waals surface area contributed by atoms with Crippen LogP contribution in [0.5, 0.6) is 11.6 Å². The number of hydrogen-bond acceptors (Lipinski definition) is 7. The molecule has 3 aromatic rings. The molecular weight excluding hydrogens is 611 g/mol. The molecule has 8 rings (SSSR count). The van der Waals surface area contributed by atoms with E-state index < -0.39 is 22.9 Å². The van der Waals surface area contributed by atoms with Crippen LogP contribution in [0.15, 0.2) is 83.9 Å². The molecule has 0 spiro atoms. The van der Waals surface area contributed by atoms with Crippen molar-refractivity contribution in [3.63, 3.8) is 0 Å². The van der Waals surface area contributed by atoms with E-state index in [9.17, 15) is 13.2 Å². The number of para-hydroxylation sites is 1. The molecule has 4 saturated carbocycles. The number of aromatic nitrogens is 1. The summed E-state index contributed by atoms with van der Waals surface area (Å²) in [6, 6.07) is 21.8. The second-order valence-corrected chi connectivity index (χ2v) is 16.9. The fourth-order valence-corrected chi connectivity index (χ4v) is 9.88. The van der Waals surface area contributed by atoms with E-state index >= 15 is 0 Å². The summed E-state index contributed by atoms with van der Waals surface area (Å²) in [5, 5.41) is 3.28. The van der Waals surface area contributed by atoms with Crippen molar-refractivity contribution in [2.24, 2.45) is 29.1 Å². The maximum absolute atomic E-state index is 14.2. The molecule has 0 radical (unpaired) electrons. The molecule has 1 aromatic heterocycles. The first kappa shape index (κ1) is 32.3. The minimum Gasteiger partial charge on any atom is -0.439 e. The Balaban J connectivity index is 1.10. The van der Waals surface area contributed by atoms with Gasteiger partial charge in [-0.05, 0) is 79.5 Å². The summed E-state index contributed by atoms with van der Waals surface area (Å²) in [5.74, 6) is 0.608. The third-order valence-corrected chi connectivity index (χ3v) is 13.4. The van der Waals surface area contributed by atoms with E-state index in [1.165, 1.54) is 18.7 Å². The second-order valence-electron chi connectivity index (χ2n) is 14.9. The number of carbonyl (C=O) groups is 1. The van der Waals surface area contributed by atoms with E-state index in [1.807, 2.05) is 48.5 Å². The van der Waals surface area contributed by atoms with E-state index in [-0.39, 0.29) is 46.0 Å². The average molecular weight is 657 g/mol. The molecule has 1 saturated heterocycles. The van der Waals surface area contributed by atoms with Gasteiger partial charge in [0, 0.05) is 12.3 Å². The van der Waals surface area contributed by atoms with Gasteiger partial charge in [-0.1, -0.05) is 81.6 Å². The Hall–Kier alpha value is -3.21. The molecule has 6 atom stereocenters.